The quantitative estimate of drug-likeness (QED) is 0.683. The van der Waals surface area contributed by atoms with E-state index in [1.165, 1.54) is 0 Å². The van der Waals surface area contributed by atoms with Crippen molar-refractivity contribution in [3.8, 4) is 17.2 Å². The van der Waals surface area contributed by atoms with Gasteiger partial charge in [0.1, 0.15) is 6.07 Å². The van der Waals surface area contributed by atoms with Crippen LogP contribution in [0.25, 0.3) is 22.0 Å². The number of halogens is 1. The molecule has 92 valence electrons. The first-order chi connectivity index (χ1) is 9.22. The molecule has 1 heterocycles. The number of fused-ring (bicyclic) bond motifs is 1. The van der Waals surface area contributed by atoms with Crippen LogP contribution in [0.1, 0.15) is 11.3 Å². The van der Waals surface area contributed by atoms with Gasteiger partial charge in [-0.2, -0.15) is 5.26 Å². The molecule has 3 aromatic rings. The zero-order chi connectivity index (χ0) is 13.4. The number of hydrogen-bond acceptors (Lipinski definition) is 1. The number of rotatable bonds is 1. The average Bonchev–Trinajstić information content (AvgIpc) is 2.76. The van der Waals surface area contributed by atoms with Gasteiger partial charge in [-0.25, -0.2) is 0 Å². The summed E-state index contributed by atoms with van der Waals surface area (Å²) in [4.78, 5) is 3.19. The van der Waals surface area contributed by atoms with E-state index in [9.17, 15) is 5.26 Å². The standard InChI is InChI=1S/C16H11ClN2/c1-10-13(9-18)15-14(19-10)8-7-12(16(15)17)11-5-3-2-4-6-11/h2-8,19H,1H3. The summed E-state index contributed by atoms with van der Waals surface area (Å²) >= 11 is 6.50. The van der Waals surface area contributed by atoms with Crippen LogP contribution in [0.3, 0.4) is 0 Å². The van der Waals surface area contributed by atoms with Crippen molar-refractivity contribution in [1.29, 1.82) is 5.26 Å². The average molecular weight is 267 g/mol. The van der Waals surface area contributed by atoms with E-state index in [2.05, 4.69) is 11.1 Å². The fourth-order valence-electron chi connectivity index (χ4n) is 2.36. The van der Waals surface area contributed by atoms with Gasteiger partial charge in [-0.3, -0.25) is 0 Å². The van der Waals surface area contributed by atoms with Gasteiger partial charge < -0.3 is 4.98 Å². The SMILES string of the molecule is Cc1[nH]c2ccc(-c3ccccc3)c(Cl)c2c1C#N. The summed E-state index contributed by atoms with van der Waals surface area (Å²) < 4.78 is 0. The molecular weight excluding hydrogens is 256 g/mol. The fourth-order valence-corrected chi connectivity index (χ4v) is 2.73. The van der Waals surface area contributed by atoms with Crippen molar-refractivity contribution in [2.24, 2.45) is 0 Å². The Bertz CT molecular complexity index is 795. The molecule has 1 N–H and O–H groups in total. The molecule has 0 aliphatic heterocycles. The lowest BCUT2D eigenvalue weighted by Gasteiger charge is -2.05. The van der Waals surface area contributed by atoms with Gasteiger partial charge in [0, 0.05) is 22.2 Å². The Kier molecular flexibility index (Phi) is 2.77. The highest BCUT2D eigenvalue weighted by Crippen LogP contribution is 2.36. The summed E-state index contributed by atoms with van der Waals surface area (Å²) in [6.45, 7) is 1.89. The predicted octanol–water partition coefficient (Wildman–Crippen LogP) is 4.67. The van der Waals surface area contributed by atoms with Crippen LogP contribution >= 0.6 is 11.6 Å². The summed E-state index contributed by atoms with van der Waals surface area (Å²) in [6, 6.07) is 16.1. The van der Waals surface area contributed by atoms with E-state index in [4.69, 9.17) is 11.6 Å². The highest BCUT2D eigenvalue weighted by Gasteiger charge is 2.14. The molecule has 3 rings (SSSR count). The molecule has 0 aliphatic carbocycles. The van der Waals surface area contributed by atoms with Crippen molar-refractivity contribution in [2.45, 2.75) is 6.92 Å². The number of hydrogen-bond donors (Lipinski definition) is 1. The molecule has 0 fully saturated rings. The molecule has 19 heavy (non-hydrogen) atoms. The number of benzene rings is 2. The van der Waals surface area contributed by atoms with Gasteiger partial charge in [0.15, 0.2) is 0 Å². The molecule has 2 nitrogen and oxygen atoms in total. The molecule has 3 heteroatoms. The lowest BCUT2D eigenvalue weighted by atomic mass is 10.0. The first-order valence-corrected chi connectivity index (χ1v) is 6.36. The summed E-state index contributed by atoms with van der Waals surface area (Å²) in [5.41, 5.74) is 4.38. The van der Waals surface area contributed by atoms with E-state index in [0.29, 0.717) is 10.6 Å². The minimum Gasteiger partial charge on any atom is -0.357 e. The van der Waals surface area contributed by atoms with E-state index in [1.807, 2.05) is 49.4 Å². The van der Waals surface area contributed by atoms with Crippen LogP contribution in [0.5, 0.6) is 0 Å². The third-order valence-corrected chi connectivity index (χ3v) is 3.68. The topological polar surface area (TPSA) is 39.6 Å². The Balaban J connectivity index is 2.36. The Labute approximate surface area is 116 Å². The van der Waals surface area contributed by atoms with E-state index >= 15 is 0 Å². The van der Waals surface area contributed by atoms with Crippen LogP contribution in [0.2, 0.25) is 5.02 Å². The van der Waals surface area contributed by atoms with Crippen LogP contribution < -0.4 is 0 Å². The minimum atomic E-state index is 0.623. The van der Waals surface area contributed by atoms with Crippen molar-refractivity contribution in [1.82, 2.24) is 4.98 Å². The number of aryl methyl sites for hydroxylation is 1. The van der Waals surface area contributed by atoms with Crippen molar-refractivity contribution >= 4 is 22.5 Å². The third-order valence-electron chi connectivity index (χ3n) is 3.29. The number of aromatic nitrogens is 1. The Morgan fingerprint density at radius 1 is 1.11 bits per heavy atom. The van der Waals surface area contributed by atoms with Crippen molar-refractivity contribution in [3.05, 3.63) is 58.7 Å². The highest BCUT2D eigenvalue weighted by molar-refractivity contribution is 6.38. The molecule has 2 aromatic carbocycles. The van der Waals surface area contributed by atoms with Crippen molar-refractivity contribution in [3.63, 3.8) is 0 Å². The first-order valence-electron chi connectivity index (χ1n) is 5.98. The molecule has 0 atom stereocenters. The smallest absolute Gasteiger partial charge is 0.102 e. The highest BCUT2D eigenvalue weighted by atomic mass is 35.5. The van der Waals surface area contributed by atoms with Crippen LogP contribution in [0.4, 0.5) is 0 Å². The molecule has 0 bridgehead atoms. The van der Waals surface area contributed by atoms with Gasteiger partial charge in [0.2, 0.25) is 0 Å². The summed E-state index contributed by atoms with van der Waals surface area (Å²) in [5, 5.41) is 10.7. The van der Waals surface area contributed by atoms with Gasteiger partial charge in [-0.1, -0.05) is 48.0 Å². The van der Waals surface area contributed by atoms with Crippen LogP contribution in [0.15, 0.2) is 42.5 Å². The van der Waals surface area contributed by atoms with Gasteiger partial charge in [-0.15, -0.1) is 0 Å². The first kappa shape index (κ1) is 11.8. The molecule has 0 aliphatic rings. The van der Waals surface area contributed by atoms with E-state index in [0.717, 1.165) is 27.7 Å². The minimum absolute atomic E-state index is 0.623. The van der Waals surface area contributed by atoms with Gasteiger partial charge in [-0.05, 0) is 18.6 Å². The largest absolute Gasteiger partial charge is 0.357 e. The number of nitriles is 1. The number of aromatic amines is 1. The maximum Gasteiger partial charge on any atom is 0.102 e. The summed E-state index contributed by atoms with van der Waals surface area (Å²) in [5.74, 6) is 0. The zero-order valence-corrected chi connectivity index (χ0v) is 11.1. The summed E-state index contributed by atoms with van der Waals surface area (Å²) in [7, 11) is 0. The lowest BCUT2D eigenvalue weighted by molar-refractivity contribution is 1.28. The second-order valence-corrected chi connectivity index (χ2v) is 4.83. The van der Waals surface area contributed by atoms with E-state index in [-0.39, 0.29) is 0 Å². The van der Waals surface area contributed by atoms with E-state index in [1.54, 1.807) is 0 Å². The molecular formula is C16H11ClN2. The monoisotopic (exact) mass is 266 g/mol. The zero-order valence-electron chi connectivity index (χ0n) is 10.4. The Morgan fingerprint density at radius 2 is 1.84 bits per heavy atom. The maximum atomic E-state index is 9.26. The van der Waals surface area contributed by atoms with Crippen LogP contribution in [-0.2, 0) is 0 Å². The molecule has 1 aromatic heterocycles. The van der Waals surface area contributed by atoms with Crippen molar-refractivity contribution in [2.75, 3.05) is 0 Å². The number of H-pyrrole nitrogens is 1. The Morgan fingerprint density at radius 3 is 2.53 bits per heavy atom. The van der Waals surface area contributed by atoms with Gasteiger partial charge in [0.25, 0.3) is 0 Å². The second-order valence-electron chi connectivity index (χ2n) is 4.45. The predicted molar refractivity (Wildman–Crippen MR) is 78.2 cm³/mol. The molecule has 0 saturated carbocycles. The lowest BCUT2D eigenvalue weighted by Crippen LogP contribution is -1.82. The molecule has 0 amide bonds. The summed E-state index contributed by atoms with van der Waals surface area (Å²) in [6.07, 6.45) is 0. The van der Waals surface area contributed by atoms with Gasteiger partial charge >= 0.3 is 0 Å². The number of nitrogens with zero attached hydrogens (tertiary/aromatic N) is 1. The number of nitrogens with one attached hydrogen (secondary N) is 1. The van der Waals surface area contributed by atoms with Crippen molar-refractivity contribution < 1.29 is 0 Å². The molecule has 0 unspecified atom stereocenters. The third kappa shape index (κ3) is 1.80. The molecule has 0 radical (unpaired) electrons. The van der Waals surface area contributed by atoms with Crippen LogP contribution in [-0.4, -0.2) is 4.98 Å². The van der Waals surface area contributed by atoms with Gasteiger partial charge in [0.05, 0.1) is 10.6 Å². The molecule has 0 spiro atoms. The normalized spacial score (nSPS) is 10.6. The fraction of sp³-hybridized carbons (Fsp3) is 0.0625. The van der Waals surface area contributed by atoms with E-state index < -0.39 is 0 Å². The maximum absolute atomic E-state index is 9.26. The Hall–Kier alpha value is -2.24. The second kappa shape index (κ2) is 4.46. The van der Waals surface area contributed by atoms with Crippen LogP contribution in [0, 0.1) is 18.3 Å². The molecule has 0 saturated heterocycles.